The zero-order valence-electron chi connectivity index (χ0n) is 3.44. The molecule has 0 bridgehead atoms. The Morgan fingerprint density at radius 3 is 2.60 bits per heavy atom. The molecule has 5 heavy (non-hydrogen) atoms. The van der Waals surface area contributed by atoms with E-state index in [0.717, 1.165) is 6.61 Å². The summed E-state index contributed by atoms with van der Waals surface area (Å²) < 4.78 is 3.74. The number of hydrogen-bond donors (Lipinski definition) is 0. The Balaban J connectivity index is 2.40. The molecule has 0 aromatic heterocycles. The largest absolute Gasteiger partial charge is 0.433 e. The second kappa shape index (κ2) is 3.70. The van der Waals surface area contributed by atoms with Crippen molar-refractivity contribution >= 4 is 0 Å². The Kier molecular flexibility index (Phi) is 3.48. The van der Waals surface area contributed by atoms with E-state index in [9.17, 15) is 0 Å². The Labute approximate surface area is 32.3 Å². The van der Waals surface area contributed by atoms with Crippen LogP contribution in [0.25, 0.3) is 0 Å². The molecule has 0 aliphatic carbocycles. The van der Waals surface area contributed by atoms with Gasteiger partial charge in [-0.25, -0.2) is 0 Å². The molecule has 0 fully saturated rings. The fourth-order valence-corrected chi connectivity index (χ4v) is 0.129. The van der Waals surface area contributed by atoms with Crippen LogP contribution in [0, 0.1) is 0 Å². The van der Waals surface area contributed by atoms with Gasteiger partial charge >= 0.3 is 0 Å². The Morgan fingerprint density at radius 1 is 2.00 bits per heavy atom. The van der Waals surface area contributed by atoms with E-state index in [1.807, 2.05) is 0 Å². The molecule has 0 amide bonds. The van der Waals surface area contributed by atoms with Gasteiger partial charge in [-0.05, 0) is 6.08 Å². The van der Waals surface area contributed by atoms with Gasteiger partial charge in [-0.15, -0.1) is 0 Å². The van der Waals surface area contributed by atoms with Crippen LogP contribution in [0.2, 0.25) is 0 Å². The van der Waals surface area contributed by atoms with E-state index in [1.165, 1.54) is 0 Å². The van der Waals surface area contributed by atoms with Crippen LogP contribution in [0.3, 0.4) is 0 Å². The van der Waals surface area contributed by atoms with Gasteiger partial charge in [0.1, 0.15) is 7.11 Å². The first-order chi connectivity index (χ1) is 2.41. The maximum absolute atomic E-state index is 3.74. The molecule has 0 atom stereocenters. The second-order valence-electron chi connectivity index (χ2n) is 0.787. The van der Waals surface area contributed by atoms with E-state index < -0.39 is 0 Å². The normalized spacial score (nSPS) is 7.40. The van der Waals surface area contributed by atoms with Crippen molar-refractivity contribution in [3.05, 3.63) is 12.7 Å². The molecule has 1 nitrogen and oxygen atoms in total. The van der Waals surface area contributed by atoms with E-state index in [2.05, 4.69) is 11.3 Å². The van der Waals surface area contributed by atoms with Gasteiger partial charge < -0.3 is 4.74 Å². The molecule has 0 aromatic carbocycles. The van der Waals surface area contributed by atoms with Crippen LogP contribution in [0.1, 0.15) is 0 Å². The van der Waals surface area contributed by atoms with Gasteiger partial charge in [0.05, 0.1) is 0 Å². The summed E-state index contributed by atoms with van der Waals surface area (Å²) >= 11 is 0. The van der Waals surface area contributed by atoms with Crippen molar-refractivity contribution in [1.82, 2.24) is 0 Å². The molecule has 1 N–H and O–H groups in total. The van der Waals surface area contributed by atoms with Crippen LogP contribution in [0.15, 0.2) is 12.7 Å². The van der Waals surface area contributed by atoms with Crippen LogP contribution in [-0.4, -0.2) is 18.5 Å². The van der Waals surface area contributed by atoms with Gasteiger partial charge in [0.2, 0.25) is 0 Å². The predicted octanol–water partition coefficient (Wildman–Crippen LogP) is 0.330. The summed E-state index contributed by atoms with van der Waals surface area (Å²) in [5, 5.41) is 0. The van der Waals surface area contributed by atoms with E-state index in [4.69, 9.17) is 0 Å². The third-order valence-electron chi connectivity index (χ3n) is 0.312. The first kappa shape index (κ1) is 4.70. The highest BCUT2D eigenvalue weighted by molar-refractivity contribution is 4.61. The maximum atomic E-state index is 3.74. The molecule has 0 saturated carbocycles. The number of rotatable bonds is 2. The lowest BCUT2D eigenvalue weighted by molar-refractivity contribution is 0.0409. The maximum Gasteiger partial charge on any atom is 0.163 e. The Hall–Kier alpha value is -0.300. The van der Waals surface area contributed by atoms with Crippen molar-refractivity contribution in [2.75, 3.05) is 13.7 Å². The Bertz CT molecular complexity index is 24.8. The van der Waals surface area contributed by atoms with Crippen LogP contribution in [-0.2, 0) is 0 Å². The SMILES string of the molecule is C=CC[OH+]C. The molecule has 0 aromatic rings. The zero-order chi connectivity index (χ0) is 4.12. The van der Waals surface area contributed by atoms with E-state index in [-0.39, 0.29) is 0 Å². The number of hydrogen-bond acceptors (Lipinski definition) is 0. The van der Waals surface area contributed by atoms with Crippen molar-refractivity contribution in [1.29, 1.82) is 0 Å². The van der Waals surface area contributed by atoms with Gasteiger partial charge in [-0.1, -0.05) is 6.58 Å². The minimum Gasteiger partial charge on any atom is -0.433 e. The van der Waals surface area contributed by atoms with Gasteiger partial charge in [0.15, 0.2) is 6.61 Å². The van der Waals surface area contributed by atoms with Crippen molar-refractivity contribution < 1.29 is 4.74 Å². The summed E-state index contributed by atoms with van der Waals surface area (Å²) in [4.78, 5) is 0. The number of ether oxygens (including phenoxy) is 1. The second-order valence-corrected chi connectivity index (χ2v) is 0.787. The zero-order valence-corrected chi connectivity index (χ0v) is 3.44. The highest BCUT2D eigenvalue weighted by atomic mass is 16.5. The van der Waals surface area contributed by atoms with Crippen LogP contribution < -0.4 is 0 Å². The average molecular weight is 73.1 g/mol. The molecular formula is C4H9O+. The van der Waals surface area contributed by atoms with Crippen LogP contribution >= 0.6 is 0 Å². The van der Waals surface area contributed by atoms with Crippen LogP contribution in [0.4, 0.5) is 0 Å². The molecule has 0 unspecified atom stereocenters. The molecule has 1 heteroatoms. The molecule has 0 rings (SSSR count). The highest BCUT2D eigenvalue weighted by Crippen LogP contribution is 1.55. The fourth-order valence-electron chi connectivity index (χ4n) is 0.129. The molecule has 0 saturated heterocycles. The van der Waals surface area contributed by atoms with E-state index in [0.29, 0.717) is 0 Å². The Morgan fingerprint density at radius 2 is 2.60 bits per heavy atom. The van der Waals surface area contributed by atoms with Gasteiger partial charge in [0.25, 0.3) is 0 Å². The lowest BCUT2D eigenvalue weighted by Crippen LogP contribution is -1.84. The first-order valence-corrected chi connectivity index (χ1v) is 1.58. The van der Waals surface area contributed by atoms with Crippen molar-refractivity contribution in [3.63, 3.8) is 0 Å². The third-order valence-corrected chi connectivity index (χ3v) is 0.312. The molecule has 0 heterocycles. The fraction of sp³-hybridized carbons (Fsp3) is 0.500. The van der Waals surface area contributed by atoms with Crippen LogP contribution in [0.5, 0.6) is 0 Å². The lowest BCUT2D eigenvalue weighted by atomic mass is 10.7. The number of aliphatic hydroxyl groups is 2. The molecular weight excluding hydrogens is 64.0 g/mol. The minimum absolute atomic E-state index is 0.778. The summed E-state index contributed by atoms with van der Waals surface area (Å²) in [5.41, 5.74) is 0. The molecule has 0 radical (unpaired) electrons. The summed E-state index contributed by atoms with van der Waals surface area (Å²) in [6, 6.07) is 0. The third kappa shape index (κ3) is 3.70. The predicted molar refractivity (Wildman–Crippen MR) is 23.2 cm³/mol. The molecule has 0 aliphatic rings. The van der Waals surface area contributed by atoms with E-state index >= 15 is 0 Å². The topological polar surface area (TPSA) is 12.8 Å². The van der Waals surface area contributed by atoms with Crippen molar-refractivity contribution in [2.45, 2.75) is 0 Å². The first-order valence-electron chi connectivity index (χ1n) is 1.58. The van der Waals surface area contributed by atoms with Gasteiger partial charge in [0, 0.05) is 0 Å². The van der Waals surface area contributed by atoms with Gasteiger partial charge in [-0.2, -0.15) is 0 Å². The highest BCUT2D eigenvalue weighted by Gasteiger charge is 1.63. The summed E-state index contributed by atoms with van der Waals surface area (Å²) in [6.45, 7) is 4.23. The van der Waals surface area contributed by atoms with Crippen molar-refractivity contribution in [2.24, 2.45) is 0 Å². The lowest BCUT2D eigenvalue weighted by Gasteiger charge is -1.77. The quantitative estimate of drug-likeness (QED) is 0.330. The summed E-state index contributed by atoms with van der Waals surface area (Å²) in [5.74, 6) is 0. The standard InChI is InChI=1S/C4H8O/c1-3-4-5-2/h3H,1,4H2,2H3/p+1. The van der Waals surface area contributed by atoms with Crippen molar-refractivity contribution in [3.8, 4) is 0 Å². The molecule has 0 spiro atoms. The summed E-state index contributed by atoms with van der Waals surface area (Å²) in [6.07, 6.45) is 1.76. The monoisotopic (exact) mass is 73.1 g/mol. The van der Waals surface area contributed by atoms with E-state index in [1.54, 1.807) is 13.2 Å². The molecule has 0 aliphatic heterocycles. The minimum atomic E-state index is 0.778. The summed E-state index contributed by atoms with van der Waals surface area (Å²) in [7, 11) is 1.77. The average Bonchev–Trinajstić information content (AvgIpc) is 1.41. The van der Waals surface area contributed by atoms with Gasteiger partial charge in [-0.3, -0.25) is 0 Å². The smallest absolute Gasteiger partial charge is 0.163 e. The molecule has 30 valence electrons.